The van der Waals surface area contributed by atoms with Gasteiger partial charge in [-0.25, -0.2) is 9.59 Å². The maximum Gasteiger partial charge on any atom is 0.411 e. The first-order valence-corrected chi connectivity index (χ1v) is 14.5. The number of carbonyl (C=O) groups excluding carboxylic acids is 3. The number of carbonyl (C=O) groups is 3. The summed E-state index contributed by atoms with van der Waals surface area (Å²) in [6.45, 7) is 0. The maximum absolute atomic E-state index is 13.2. The SMILES string of the molecule is COC(=O)Nc1ccc2c(c1)N[C@@H](C(=O)OC)CCCC[C@H](NC(=O)/C=C/c1cc(Cl)ccc1-n1cnnn1)c1cc-2ccn1. The average Bonchev–Trinajstić information content (AvgIpc) is 3.59. The highest BCUT2D eigenvalue weighted by atomic mass is 35.5. The van der Waals surface area contributed by atoms with E-state index in [1.165, 1.54) is 31.3 Å². The minimum atomic E-state index is -0.633. The molecule has 0 saturated carbocycles. The quantitative estimate of drug-likeness (QED) is 0.196. The van der Waals surface area contributed by atoms with E-state index in [9.17, 15) is 14.4 Å². The summed E-state index contributed by atoms with van der Waals surface area (Å²) < 4.78 is 11.3. The normalized spacial score (nSPS) is 16.3. The van der Waals surface area contributed by atoms with Crippen molar-refractivity contribution in [3.05, 3.63) is 83.4 Å². The van der Waals surface area contributed by atoms with E-state index >= 15 is 0 Å². The summed E-state index contributed by atoms with van der Waals surface area (Å²) >= 11 is 6.23. The molecule has 3 heterocycles. The lowest BCUT2D eigenvalue weighted by molar-refractivity contribution is -0.141. The number of nitrogens with zero attached hydrogens (tertiary/aromatic N) is 5. The van der Waals surface area contributed by atoms with Gasteiger partial charge in [0.1, 0.15) is 12.4 Å². The number of tetrazole rings is 1. The van der Waals surface area contributed by atoms with Gasteiger partial charge in [-0.15, -0.1) is 5.10 Å². The van der Waals surface area contributed by atoms with E-state index in [4.69, 9.17) is 21.1 Å². The van der Waals surface area contributed by atoms with Crippen molar-refractivity contribution in [3.8, 4) is 16.8 Å². The summed E-state index contributed by atoms with van der Waals surface area (Å²) in [5.74, 6) is -0.730. The summed E-state index contributed by atoms with van der Waals surface area (Å²) in [5.41, 5.74) is 4.66. The predicted molar refractivity (Wildman–Crippen MR) is 168 cm³/mol. The molecule has 2 atom stereocenters. The number of esters is 1. The van der Waals surface area contributed by atoms with Crippen LogP contribution in [-0.4, -0.2) is 63.4 Å². The molecule has 2 amide bonds. The van der Waals surface area contributed by atoms with Crippen molar-refractivity contribution in [2.75, 3.05) is 24.9 Å². The summed E-state index contributed by atoms with van der Waals surface area (Å²) in [7, 11) is 2.63. The van der Waals surface area contributed by atoms with Gasteiger partial charge in [0.15, 0.2) is 0 Å². The number of amides is 2. The van der Waals surface area contributed by atoms with Crippen LogP contribution in [0, 0.1) is 0 Å². The first kappa shape index (κ1) is 31.1. The van der Waals surface area contributed by atoms with Crippen molar-refractivity contribution >= 4 is 47.0 Å². The Morgan fingerprint density at radius 2 is 1.89 bits per heavy atom. The highest BCUT2D eigenvalue weighted by Crippen LogP contribution is 2.34. The van der Waals surface area contributed by atoms with Gasteiger partial charge in [0.05, 0.1) is 31.6 Å². The molecular weight excluding hydrogens is 600 g/mol. The number of benzene rings is 2. The van der Waals surface area contributed by atoms with E-state index in [-0.39, 0.29) is 5.91 Å². The molecule has 45 heavy (non-hydrogen) atoms. The van der Waals surface area contributed by atoms with Crippen LogP contribution in [-0.2, 0) is 19.1 Å². The summed E-state index contributed by atoms with van der Waals surface area (Å²) in [6.07, 6.45) is 8.04. The molecule has 4 aromatic rings. The Balaban J connectivity index is 1.45. The zero-order chi connectivity index (χ0) is 31.8. The molecule has 14 heteroatoms. The van der Waals surface area contributed by atoms with Crippen molar-refractivity contribution in [1.82, 2.24) is 30.5 Å². The number of nitrogens with one attached hydrogen (secondary N) is 3. The minimum Gasteiger partial charge on any atom is -0.467 e. The van der Waals surface area contributed by atoms with Gasteiger partial charge in [-0.2, -0.15) is 4.68 Å². The Bertz CT molecular complexity index is 1710. The van der Waals surface area contributed by atoms with Crippen LogP contribution in [0.4, 0.5) is 16.2 Å². The van der Waals surface area contributed by atoms with Crippen LogP contribution in [0.25, 0.3) is 22.9 Å². The van der Waals surface area contributed by atoms with Gasteiger partial charge in [0.25, 0.3) is 0 Å². The van der Waals surface area contributed by atoms with Crippen molar-refractivity contribution < 1.29 is 23.9 Å². The lowest BCUT2D eigenvalue weighted by Crippen LogP contribution is -2.31. The molecule has 1 aliphatic rings. The molecule has 0 aliphatic carbocycles. The molecule has 0 unspecified atom stereocenters. The Morgan fingerprint density at radius 3 is 2.67 bits per heavy atom. The van der Waals surface area contributed by atoms with Crippen molar-refractivity contribution in [2.45, 2.75) is 37.8 Å². The fraction of sp³-hybridized carbons (Fsp3) is 0.258. The van der Waals surface area contributed by atoms with E-state index in [1.807, 2.05) is 18.2 Å². The number of hydrogen-bond donors (Lipinski definition) is 3. The predicted octanol–water partition coefficient (Wildman–Crippen LogP) is 4.95. The van der Waals surface area contributed by atoms with Crippen molar-refractivity contribution in [3.63, 3.8) is 0 Å². The Morgan fingerprint density at radius 1 is 1.04 bits per heavy atom. The average molecular weight is 631 g/mol. The summed E-state index contributed by atoms with van der Waals surface area (Å²) in [6, 6.07) is 13.2. The van der Waals surface area contributed by atoms with Gasteiger partial charge >= 0.3 is 12.1 Å². The first-order valence-electron chi connectivity index (χ1n) is 14.2. The van der Waals surface area contributed by atoms with Gasteiger partial charge in [0, 0.05) is 39.8 Å². The van der Waals surface area contributed by atoms with E-state index in [2.05, 4.69) is 36.5 Å². The van der Waals surface area contributed by atoms with Crippen LogP contribution in [0.5, 0.6) is 0 Å². The van der Waals surface area contributed by atoms with Gasteiger partial charge in [-0.05, 0) is 77.4 Å². The van der Waals surface area contributed by atoms with E-state index in [1.54, 1.807) is 42.6 Å². The van der Waals surface area contributed by atoms with Crippen LogP contribution < -0.4 is 16.0 Å². The molecule has 0 saturated heterocycles. The largest absolute Gasteiger partial charge is 0.467 e. The third-order valence-electron chi connectivity index (χ3n) is 7.27. The van der Waals surface area contributed by atoms with Crippen LogP contribution >= 0.6 is 11.6 Å². The molecule has 1 aliphatic heterocycles. The molecule has 0 spiro atoms. The lowest BCUT2D eigenvalue weighted by atomic mass is 9.96. The monoisotopic (exact) mass is 630 g/mol. The number of anilines is 2. The van der Waals surface area contributed by atoms with Crippen molar-refractivity contribution in [2.24, 2.45) is 0 Å². The van der Waals surface area contributed by atoms with E-state index in [0.29, 0.717) is 59.0 Å². The second-order valence-corrected chi connectivity index (χ2v) is 10.6. The highest BCUT2D eigenvalue weighted by Gasteiger charge is 2.23. The molecule has 5 rings (SSSR count). The molecule has 13 nitrogen and oxygen atoms in total. The van der Waals surface area contributed by atoms with Crippen LogP contribution in [0.2, 0.25) is 5.02 Å². The molecule has 0 radical (unpaired) electrons. The molecule has 232 valence electrons. The minimum absolute atomic E-state index is 0.324. The zero-order valence-electron chi connectivity index (χ0n) is 24.6. The molecule has 0 fully saturated rings. The zero-order valence-corrected chi connectivity index (χ0v) is 25.3. The fourth-order valence-electron chi connectivity index (χ4n) is 5.06. The summed E-state index contributed by atoms with van der Waals surface area (Å²) in [4.78, 5) is 42.4. The fourth-order valence-corrected chi connectivity index (χ4v) is 5.24. The number of pyridine rings is 1. The standard InChI is InChI=1S/C31H31ClN8O5/c1-44-30(42)25-6-4-3-5-24(37-29(41)12-7-20-15-21(32)8-11-28(20)40-18-34-38-39-40)27-16-19(13-14-33-27)23-10-9-22(17-26(23)36-25)35-31(43)45-2/h7-18,24-25,36H,3-6H2,1-2H3,(H,35,43)(H,37,41)/b12-7+/t24-,25+/m0/s1. The molecule has 2 aromatic carbocycles. The molecular formula is C31H31ClN8O5. The van der Waals surface area contributed by atoms with E-state index in [0.717, 1.165) is 11.1 Å². The highest BCUT2D eigenvalue weighted by molar-refractivity contribution is 6.30. The number of fused-ring (bicyclic) bond motifs is 4. The number of methoxy groups -OCH3 is 2. The van der Waals surface area contributed by atoms with Gasteiger partial charge < -0.3 is 20.1 Å². The van der Waals surface area contributed by atoms with E-state index < -0.39 is 24.1 Å². The Kier molecular flexibility index (Phi) is 10.00. The number of aromatic nitrogens is 5. The second kappa shape index (κ2) is 14.4. The molecule has 2 aromatic heterocycles. The maximum atomic E-state index is 13.2. The van der Waals surface area contributed by atoms with Crippen LogP contribution in [0.3, 0.4) is 0 Å². The van der Waals surface area contributed by atoms with Gasteiger partial charge in [0.2, 0.25) is 5.91 Å². The first-order chi connectivity index (χ1) is 21.8. The van der Waals surface area contributed by atoms with Crippen molar-refractivity contribution in [1.29, 1.82) is 0 Å². The third-order valence-corrected chi connectivity index (χ3v) is 7.50. The number of rotatable bonds is 6. The number of halogens is 1. The topological polar surface area (TPSA) is 162 Å². The summed E-state index contributed by atoms with van der Waals surface area (Å²) in [5, 5.41) is 20.9. The van der Waals surface area contributed by atoms with Crippen LogP contribution in [0.15, 0.2) is 67.1 Å². The Hall–Kier alpha value is -5.30. The second-order valence-electron chi connectivity index (χ2n) is 10.2. The van der Waals surface area contributed by atoms with Crippen LogP contribution in [0.1, 0.15) is 43.0 Å². The Labute approximate surface area is 264 Å². The number of ether oxygens (including phenoxy) is 2. The lowest BCUT2D eigenvalue weighted by Gasteiger charge is -2.24. The van der Waals surface area contributed by atoms with Gasteiger partial charge in [-0.3, -0.25) is 15.1 Å². The van der Waals surface area contributed by atoms with Gasteiger partial charge in [-0.1, -0.05) is 30.5 Å². The number of hydrogen-bond acceptors (Lipinski definition) is 10. The molecule has 2 bridgehead atoms. The molecule has 3 N–H and O–H groups in total. The smallest absolute Gasteiger partial charge is 0.411 e. The third kappa shape index (κ3) is 7.81.